The number of carbonyl (C=O) groups is 3. The molecule has 8 nitrogen and oxygen atoms in total. The number of nitrogens with zero attached hydrogens (tertiary/aromatic N) is 1. The van der Waals surface area contributed by atoms with Gasteiger partial charge in [-0.15, -0.1) is 0 Å². The monoisotopic (exact) mass is 233 g/mol. The SMILES string of the molecule is CCN(CC(=O)O)C(=O)NCCOC(N)=O. The van der Waals surface area contributed by atoms with Gasteiger partial charge in [-0.2, -0.15) is 0 Å². The number of carboxylic acid groups (broad SMARTS) is 1. The van der Waals surface area contributed by atoms with Gasteiger partial charge in [0, 0.05) is 6.54 Å². The van der Waals surface area contributed by atoms with Gasteiger partial charge in [-0.05, 0) is 6.92 Å². The molecule has 0 radical (unpaired) electrons. The van der Waals surface area contributed by atoms with Crippen LogP contribution in [0.1, 0.15) is 6.92 Å². The lowest BCUT2D eigenvalue weighted by atomic mass is 10.5. The summed E-state index contributed by atoms with van der Waals surface area (Å²) >= 11 is 0. The molecule has 8 heteroatoms. The van der Waals surface area contributed by atoms with Crippen molar-refractivity contribution in [3.8, 4) is 0 Å². The Balaban J connectivity index is 3.84. The minimum atomic E-state index is -1.09. The summed E-state index contributed by atoms with van der Waals surface area (Å²) in [5, 5.41) is 10.9. The number of carboxylic acids is 1. The number of nitrogens with two attached hydrogens (primary N) is 1. The summed E-state index contributed by atoms with van der Waals surface area (Å²) in [4.78, 5) is 33.0. The highest BCUT2D eigenvalue weighted by Gasteiger charge is 2.13. The topological polar surface area (TPSA) is 122 Å². The molecule has 0 aliphatic rings. The van der Waals surface area contributed by atoms with Gasteiger partial charge in [0.15, 0.2) is 0 Å². The first-order valence-electron chi connectivity index (χ1n) is 4.64. The third-order valence-electron chi connectivity index (χ3n) is 1.62. The average Bonchev–Trinajstić information content (AvgIpc) is 2.20. The Morgan fingerprint density at radius 2 is 2.06 bits per heavy atom. The predicted molar refractivity (Wildman–Crippen MR) is 53.8 cm³/mol. The third kappa shape index (κ3) is 6.46. The number of carbonyl (C=O) groups excluding carboxylic acids is 2. The van der Waals surface area contributed by atoms with Gasteiger partial charge in [-0.1, -0.05) is 0 Å². The number of primary amides is 1. The zero-order valence-corrected chi connectivity index (χ0v) is 8.93. The molecular formula is C8H15N3O5. The van der Waals surface area contributed by atoms with Crippen molar-refractivity contribution in [2.75, 3.05) is 26.2 Å². The number of nitrogens with one attached hydrogen (secondary N) is 1. The second-order valence-corrected chi connectivity index (χ2v) is 2.81. The number of hydrogen-bond acceptors (Lipinski definition) is 4. The number of likely N-dealkylation sites (N-methyl/N-ethyl adjacent to an activating group) is 1. The van der Waals surface area contributed by atoms with E-state index in [1.165, 1.54) is 0 Å². The number of urea groups is 1. The Bertz CT molecular complexity index is 268. The Hall–Kier alpha value is -1.99. The average molecular weight is 233 g/mol. The fourth-order valence-electron chi connectivity index (χ4n) is 0.912. The molecule has 0 spiro atoms. The molecule has 0 aromatic heterocycles. The molecule has 0 saturated carbocycles. The zero-order valence-electron chi connectivity index (χ0n) is 8.93. The lowest BCUT2D eigenvalue weighted by molar-refractivity contribution is -0.137. The van der Waals surface area contributed by atoms with Gasteiger partial charge in [0.05, 0.1) is 6.54 Å². The van der Waals surface area contributed by atoms with Crippen molar-refractivity contribution in [2.24, 2.45) is 5.73 Å². The van der Waals surface area contributed by atoms with Crippen LogP contribution >= 0.6 is 0 Å². The van der Waals surface area contributed by atoms with Crippen LogP contribution in [-0.2, 0) is 9.53 Å². The first-order chi connectivity index (χ1) is 7.47. The zero-order chi connectivity index (χ0) is 12.6. The van der Waals surface area contributed by atoms with Crippen LogP contribution in [0.25, 0.3) is 0 Å². The van der Waals surface area contributed by atoms with Gasteiger partial charge in [0.2, 0.25) is 0 Å². The van der Waals surface area contributed by atoms with E-state index in [9.17, 15) is 14.4 Å². The second-order valence-electron chi connectivity index (χ2n) is 2.81. The Morgan fingerprint density at radius 1 is 1.44 bits per heavy atom. The summed E-state index contributed by atoms with van der Waals surface area (Å²) in [6.07, 6.45) is -0.924. The van der Waals surface area contributed by atoms with Crippen LogP contribution in [0.15, 0.2) is 0 Å². The summed E-state index contributed by atoms with van der Waals surface area (Å²) in [5.41, 5.74) is 4.70. The molecule has 0 aliphatic heterocycles. The molecule has 3 amide bonds. The third-order valence-corrected chi connectivity index (χ3v) is 1.62. The highest BCUT2D eigenvalue weighted by atomic mass is 16.5. The van der Waals surface area contributed by atoms with E-state index >= 15 is 0 Å². The van der Waals surface area contributed by atoms with E-state index in [1.54, 1.807) is 6.92 Å². The molecule has 0 saturated heterocycles. The number of ether oxygens (including phenoxy) is 1. The lowest BCUT2D eigenvalue weighted by Crippen LogP contribution is -2.43. The van der Waals surface area contributed by atoms with E-state index in [0.717, 1.165) is 4.90 Å². The molecule has 16 heavy (non-hydrogen) atoms. The van der Waals surface area contributed by atoms with Gasteiger partial charge in [0.1, 0.15) is 13.2 Å². The van der Waals surface area contributed by atoms with Crippen molar-refractivity contribution in [1.29, 1.82) is 0 Å². The Labute approximate surface area is 92.3 Å². The van der Waals surface area contributed by atoms with E-state index in [4.69, 9.17) is 10.8 Å². The number of rotatable bonds is 6. The van der Waals surface area contributed by atoms with Crippen LogP contribution in [0.3, 0.4) is 0 Å². The van der Waals surface area contributed by atoms with Crippen molar-refractivity contribution < 1.29 is 24.2 Å². The van der Waals surface area contributed by atoms with Gasteiger partial charge >= 0.3 is 18.1 Å². The Morgan fingerprint density at radius 3 is 2.50 bits per heavy atom. The van der Waals surface area contributed by atoms with E-state index < -0.39 is 18.1 Å². The Kier molecular flexibility index (Phi) is 6.41. The van der Waals surface area contributed by atoms with E-state index in [2.05, 4.69) is 10.1 Å². The summed E-state index contributed by atoms with van der Waals surface area (Å²) in [6, 6.07) is -0.530. The van der Waals surface area contributed by atoms with Crippen molar-refractivity contribution >= 4 is 18.1 Å². The molecule has 0 aliphatic carbocycles. The second kappa shape index (κ2) is 7.32. The maximum absolute atomic E-state index is 11.3. The summed E-state index contributed by atoms with van der Waals surface area (Å²) in [7, 11) is 0. The molecule has 0 aromatic rings. The molecule has 0 atom stereocenters. The molecule has 0 aromatic carbocycles. The van der Waals surface area contributed by atoms with Gasteiger partial charge in [0.25, 0.3) is 0 Å². The summed E-state index contributed by atoms with van der Waals surface area (Å²) < 4.78 is 4.38. The summed E-state index contributed by atoms with van der Waals surface area (Å²) in [5.74, 6) is -1.09. The number of amides is 3. The van der Waals surface area contributed by atoms with Crippen LogP contribution in [0.2, 0.25) is 0 Å². The smallest absolute Gasteiger partial charge is 0.404 e. The van der Waals surface area contributed by atoms with Crippen LogP contribution in [0, 0.1) is 0 Å². The molecule has 92 valence electrons. The normalized spacial score (nSPS) is 9.31. The molecular weight excluding hydrogens is 218 g/mol. The first kappa shape index (κ1) is 14.0. The standard InChI is InChI=1S/C8H15N3O5/c1-2-11(5-6(12)13)8(15)10-3-4-16-7(9)14/h2-5H2,1H3,(H2,9,14)(H,10,15)(H,12,13). The maximum atomic E-state index is 11.3. The van der Waals surface area contributed by atoms with Crippen molar-refractivity contribution in [2.45, 2.75) is 6.92 Å². The van der Waals surface area contributed by atoms with E-state index in [-0.39, 0.29) is 26.2 Å². The minimum absolute atomic E-state index is 0.0499. The predicted octanol–water partition coefficient (Wildman–Crippen LogP) is -0.802. The molecule has 0 fully saturated rings. The van der Waals surface area contributed by atoms with Gasteiger partial charge in [-0.3, -0.25) is 4.79 Å². The highest BCUT2D eigenvalue weighted by molar-refractivity contribution is 5.80. The number of aliphatic carboxylic acids is 1. The van der Waals surface area contributed by atoms with Crippen molar-refractivity contribution in [1.82, 2.24) is 10.2 Å². The first-order valence-corrected chi connectivity index (χ1v) is 4.64. The van der Waals surface area contributed by atoms with Gasteiger partial charge in [-0.25, -0.2) is 9.59 Å². The highest BCUT2D eigenvalue weighted by Crippen LogP contribution is 1.88. The largest absolute Gasteiger partial charge is 0.480 e. The van der Waals surface area contributed by atoms with Gasteiger partial charge < -0.3 is 25.8 Å². The fraction of sp³-hybridized carbons (Fsp3) is 0.625. The van der Waals surface area contributed by atoms with Crippen LogP contribution in [0.4, 0.5) is 9.59 Å². The quantitative estimate of drug-likeness (QED) is 0.518. The molecule has 0 heterocycles. The van der Waals surface area contributed by atoms with Crippen LogP contribution < -0.4 is 11.1 Å². The molecule has 4 N–H and O–H groups in total. The van der Waals surface area contributed by atoms with E-state index in [0.29, 0.717) is 0 Å². The molecule has 0 bridgehead atoms. The maximum Gasteiger partial charge on any atom is 0.404 e. The van der Waals surface area contributed by atoms with Crippen molar-refractivity contribution in [3.63, 3.8) is 0 Å². The minimum Gasteiger partial charge on any atom is -0.480 e. The van der Waals surface area contributed by atoms with E-state index in [1.807, 2.05) is 0 Å². The summed E-state index contributed by atoms with van der Waals surface area (Å²) in [6.45, 7) is 1.58. The molecule has 0 rings (SSSR count). The fourth-order valence-corrected chi connectivity index (χ4v) is 0.912. The molecule has 0 unspecified atom stereocenters. The van der Waals surface area contributed by atoms with Crippen molar-refractivity contribution in [3.05, 3.63) is 0 Å². The van der Waals surface area contributed by atoms with Crippen LogP contribution in [0.5, 0.6) is 0 Å². The lowest BCUT2D eigenvalue weighted by Gasteiger charge is -2.18. The van der Waals surface area contributed by atoms with Crippen LogP contribution in [-0.4, -0.2) is 54.3 Å². The number of hydrogen-bond donors (Lipinski definition) is 3.